The number of hydrogen-bond acceptors (Lipinski definition) is 2. The number of amides is 1. The summed E-state index contributed by atoms with van der Waals surface area (Å²) in [7, 11) is 0. The third-order valence-electron chi connectivity index (χ3n) is 2.93. The Bertz CT molecular complexity index is 244. The molecule has 1 rings (SSSR count). The average Bonchev–Trinajstić information content (AvgIpc) is 2.72. The first kappa shape index (κ1) is 12.1. The van der Waals surface area contributed by atoms with Crippen molar-refractivity contribution in [3.8, 4) is 12.3 Å². The van der Waals surface area contributed by atoms with Crippen LogP contribution in [-0.4, -0.2) is 30.4 Å². The van der Waals surface area contributed by atoms with Gasteiger partial charge in [-0.3, -0.25) is 4.79 Å². The molecular weight excluding hydrogens is 188 g/mol. The van der Waals surface area contributed by atoms with Crippen molar-refractivity contribution in [1.82, 2.24) is 4.90 Å². The quantitative estimate of drug-likeness (QED) is 0.541. The molecule has 0 spiro atoms. The molecule has 1 aliphatic heterocycles. The lowest BCUT2D eigenvalue weighted by molar-refractivity contribution is -0.130. The fourth-order valence-electron chi connectivity index (χ4n) is 1.91. The minimum Gasteiger partial charge on any atom is -0.342 e. The van der Waals surface area contributed by atoms with Crippen molar-refractivity contribution in [2.24, 2.45) is 11.7 Å². The number of carbonyl (C=O) groups excluding carboxylic acids is 1. The second-order valence-corrected chi connectivity index (χ2v) is 4.14. The van der Waals surface area contributed by atoms with Crippen molar-refractivity contribution in [1.29, 1.82) is 0 Å². The van der Waals surface area contributed by atoms with Gasteiger partial charge >= 0.3 is 0 Å². The highest BCUT2D eigenvalue weighted by Gasteiger charge is 2.24. The molecule has 0 saturated carbocycles. The maximum Gasteiger partial charge on any atom is 0.222 e. The standard InChI is InChI=1S/C12H20N2O/c1-2-3-4-5-6-12(15)14-8-7-11(9-13)10-14/h1,11H,3-10,13H2. The lowest BCUT2D eigenvalue weighted by atomic mass is 10.1. The fraction of sp³-hybridized carbons (Fsp3) is 0.750. The third-order valence-corrected chi connectivity index (χ3v) is 2.93. The molecular formula is C12H20N2O. The molecule has 1 aliphatic rings. The summed E-state index contributed by atoms with van der Waals surface area (Å²) >= 11 is 0. The van der Waals surface area contributed by atoms with E-state index >= 15 is 0 Å². The Morgan fingerprint density at radius 1 is 1.53 bits per heavy atom. The maximum atomic E-state index is 11.7. The lowest BCUT2D eigenvalue weighted by Crippen LogP contribution is -2.29. The number of carbonyl (C=O) groups is 1. The second kappa shape index (κ2) is 6.47. The van der Waals surface area contributed by atoms with Gasteiger partial charge < -0.3 is 10.6 Å². The zero-order chi connectivity index (χ0) is 11.1. The molecule has 0 radical (unpaired) electrons. The summed E-state index contributed by atoms with van der Waals surface area (Å²) in [6, 6.07) is 0. The SMILES string of the molecule is C#CCCCCC(=O)N1CCC(CN)C1. The van der Waals surface area contributed by atoms with E-state index in [4.69, 9.17) is 12.2 Å². The topological polar surface area (TPSA) is 46.3 Å². The number of nitrogens with two attached hydrogens (primary N) is 1. The van der Waals surface area contributed by atoms with Crippen LogP contribution in [0.4, 0.5) is 0 Å². The number of nitrogens with zero attached hydrogens (tertiary/aromatic N) is 1. The summed E-state index contributed by atoms with van der Waals surface area (Å²) in [5, 5.41) is 0. The van der Waals surface area contributed by atoms with Crippen molar-refractivity contribution >= 4 is 5.91 Å². The van der Waals surface area contributed by atoms with E-state index in [0.717, 1.165) is 38.8 Å². The summed E-state index contributed by atoms with van der Waals surface area (Å²) in [6.07, 6.45) is 9.49. The molecule has 1 unspecified atom stereocenters. The number of hydrogen-bond donors (Lipinski definition) is 1. The van der Waals surface area contributed by atoms with E-state index in [1.165, 1.54) is 0 Å². The lowest BCUT2D eigenvalue weighted by Gasteiger charge is -2.15. The average molecular weight is 208 g/mol. The van der Waals surface area contributed by atoms with Gasteiger partial charge in [0.1, 0.15) is 0 Å². The molecule has 2 N–H and O–H groups in total. The van der Waals surface area contributed by atoms with Gasteiger partial charge in [0.25, 0.3) is 0 Å². The molecule has 1 fully saturated rings. The molecule has 1 saturated heterocycles. The van der Waals surface area contributed by atoms with Crippen molar-refractivity contribution in [3.05, 3.63) is 0 Å². The van der Waals surface area contributed by atoms with Gasteiger partial charge in [0.15, 0.2) is 0 Å². The highest BCUT2D eigenvalue weighted by Crippen LogP contribution is 2.16. The summed E-state index contributed by atoms with van der Waals surface area (Å²) in [5.74, 6) is 3.37. The Hall–Kier alpha value is -1.01. The minimum atomic E-state index is 0.267. The number of terminal acetylenes is 1. The van der Waals surface area contributed by atoms with Gasteiger partial charge in [0.2, 0.25) is 5.91 Å². The first-order valence-electron chi connectivity index (χ1n) is 5.69. The number of rotatable bonds is 5. The molecule has 1 atom stereocenters. The number of unbranched alkanes of at least 4 members (excludes halogenated alkanes) is 2. The minimum absolute atomic E-state index is 0.267. The van der Waals surface area contributed by atoms with Crippen LogP contribution in [0.1, 0.15) is 32.1 Å². The largest absolute Gasteiger partial charge is 0.342 e. The predicted molar refractivity (Wildman–Crippen MR) is 61.0 cm³/mol. The normalized spacial score (nSPS) is 20.3. The highest BCUT2D eigenvalue weighted by molar-refractivity contribution is 5.76. The van der Waals surface area contributed by atoms with E-state index < -0.39 is 0 Å². The Labute approximate surface area is 92.0 Å². The molecule has 15 heavy (non-hydrogen) atoms. The second-order valence-electron chi connectivity index (χ2n) is 4.14. The van der Waals surface area contributed by atoms with Crippen LogP contribution in [-0.2, 0) is 4.79 Å². The maximum absolute atomic E-state index is 11.7. The molecule has 84 valence electrons. The van der Waals surface area contributed by atoms with Gasteiger partial charge in [-0.05, 0) is 31.7 Å². The van der Waals surface area contributed by atoms with Crippen LogP contribution >= 0.6 is 0 Å². The molecule has 0 aliphatic carbocycles. The molecule has 3 heteroatoms. The third kappa shape index (κ3) is 3.93. The molecule has 0 aromatic carbocycles. The van der Waals surface area contributed by atoms with Crippen LogP contribution in [0, 0.1) is 18.3 Å². The van der Waals surface area contributed by atoms with Crippen LogP contribution in [0.3, 0.4) is 0 Å². The van der Waals surface area contributed by atoms with E-state index in [1.54, 1.807) is 0 Å². The van der Waals surface area contributed by atoms with E-state index in [1.807, 2.05) is 4.90 Å². The Kier molecular flexibility index (Phi) is 5.20. The number of likely N-dealkylation sites (tertiary alicyclic amines) is 1. The van der Waals surface area contributed by atoms with Gasteiger partial charge in [-0.25, -0.2) is 0 Å². The van der Waals surface area contributed by atoms with Gasteiger partial charge in [-0.2, -0.15) is 0 Å². The van der Waals surface area contributed by atoms with Crippen molar-refractivity contribution < 1.29 is 4.79 Å². The predicted octanol–water partition coefficient (Wildman–Crippen LogP) is 0.987. The Morgan fingerprint density at radius 3 is 2.93 bits per heavy atom. The van der Waals surface area contributed by atoms with Gasteiger partial charge in [0.05, 0.1) is 0 Å². The molecule has 1 amide bonds. The Morgan fingerprint density at radius 2 is 2.33 bits per heavy atom. The van der Waals surface area contributed by atoms with Crippen LogP contribution in [0.15, 0.2) is 0 Å². The van der Waals surface area contributed by atoms with Gasteiger partial charge in [-0.1, -0.05) is 0 Å². The van der Waals surface area contributed by atoms with Crippen LogP contribution < -0.4 is 5.73 Å². The molecule has 0 aromatic rings. The zero-order valence-corrected chi connectivity index (χ0v) is 9.24. The van der Waals surface area contributed by atoms with E-state index in [2.05, 4.69) is 5.92 Å². The monoisotopic (exact) mass is 208 g/mol. The highest BCUT2D eigenvalue weighted by atomic mass is 16.2. The van der Waals surface area contributed by atoms with Crippen molar-refractivity contribution in [3.63, 3.8) is 0 Å². The van der Waals surface area contributed by atoms with Crippen molar-refractivity contribution in [2.45, 2.75) is 32.1 Å². The van der Waals surface area contributed by atoms with E-state index in [-0.39, 0.29) is 5.91 Å². The zero-order valence-electron chi connectivity index (χ0n) is 9.24. The first-order chi connectivity index (χ1) is 7.27. The summed E-state index contributed by atoms with van der Waals surface area (Å²) in [6.45, 7) is 2.43. The summed E-state index contributed by atoms with van der Waals surface area (Å²) < 4.78 is 0. The summed E-state index contributed by atoms with van der Waals surface area (Å²) in [5.41, 5.74) is 5.58. The van der Waals surface area contributed by atoms with Crippen LogP contribution in [0.2, 0.25) is 0 Å². The van der Waals surface area contributed by atoms with Crippen molar-refractivity contribution in [2.75, 3.05) is 19.6 Å². The molecule has 1 heterocycles. The van der Waals surface area contributed by atoms with Gasteiger partial charge in [0, 0.05) is 25.9 Å². The fourth-order valence-corrected chi connectivity index (χ4v) is 1.91. The van der Waals surface area contributed by atoms with Crippen LogP contribution in [0.5, 0.6) is 0 Å². The first-order valence-corrected chi connectivity index (χ1v) is 5.69. The molecule has 3 nitrogen and oxygen atoms in total. The van der Waals surface area contributed by atoms with E-state index in [0.29, 0.717) is 18.9 Å². The Balaban J connectivity index is 2.15. The van der Waals surface area contributed by atoms with Crippen LogP contribution in [0.25, 0.3) is 0 Å². The van der Waals surface area contributed by atoms with Gasteiger partial charge in [-0.15, -0.1) is 12.3 Å². The molecule has 0 bridgehead atoms. The summed E-state index contributed by atoms with van der Waals surface area (Å²) in [4.78, 5) is 13.6. The van der Waals surface area contributed by atoms with E-state index in [9.17, 15) is 4.79 Å². The smallest absolute Gasteiger partial charge is 0.222 e. The molecule has 0 aromatic heterocycles.